The Hall–Kier alpha value is -3.22. The molecule has 0 radical (unpaired) electrons. The number of benzene rings is 1. The first-order valence-electron chi connectivity index (χ1n) is 10.9. The molecule has 3 aromatic rings. The molecule has 1 aliphatic rings. The van der Waals surface area contributed by atoms with E-state index in [2.05, 4.69) is 51.5 Å². The molecule has 0 atom stereocenters. The predicted octanol–water partition coefficient (Wildman–Crippen LogP) is 4.26. The molecule has 1 aromatic carbocycles. The molecule has 4 rings (SSSR count). The van der Waals surface area contributed by atoms with Crippen LogP contribution in [0, 0.1) is 19.8 Å². The first-order chi connectivity index (χ1) is 14.9. The average molecular weight is 419 g/mol. The zero-order valence-corrected chi connectivity index (χ0v) is 18.7. The number of hydrogen-bond donors (Lipinski definition) is 1. The van der Waals surface area contributed by atoms with Gasteiger partial charge in [0.1, 0.15) is 0 Å². The van der Waals surface area contributed by atoms with E-state index in [0.29, 0.717) is 11.7 Å². The maximum atomic E-state index is 12.7. The largest absolute Gasteiger partial charge is 0.355 e. The molecule has 1 amide bonds. The third-order valence-electron chi connectivity index (χ3n) is 5.90. The molecule has 1 fully saturated rings. The van der Waals surface area contributed by atoms with E-state index in [-0.39, 0.29) is 11.8 Å². The molecule has 0 bridgehead atoms. The lowest BCUT2D eigenvalue weighted by atomic mass is 9.95. The fraction of sp³-hybridized carbons (Fsp3) is 0.417. The number of aromatic nitrogens is 4. The summed E-state index contributed by atoms with van der Waals surface area (Å²) in [5.74, 6) is 2.16. The predicted molar refractivity (Wildman–Crippen MR) is 123 cm³/mol. The molecule has 0 spiro atoms. The van der Waals surface area contributed by atoms with Crippen molar-refractivity contribution in [1.29, 1.82) is 0 Å². The monoisotopic (exact) mass is 418 g/mol. The zero-order chi connectivity index (χ0) is 22.0. The zero-order valence-electron chi connectivity index (χ0n) is 18.7. The van der Waals surface area contributed by atoms with E-state index >= 15 is 0 Å². The minimum atomic E-state index is 0.0166. The summed E-state index contributed by atoms with van der Waals surface area (Å²) < 4.78 is 1.80. The van der Waals surface area contributed by atoms with Gasteiger partial charge in [-0.2, -0.15) is 5.10 Å². The summed E-state index contributed by atoms with van der Waals surface area (Å²) in [7, 11) is 0. The van der Waals surface area contributed by atoms with Gasteiger partial charge in [-0.1, -0.05) is 26.0 Å². The van der Waals surface area contributed by atoms with Crippen molar-refractivity contribution >= 4 is 17.4 Å². The number of carbonyl (C=O) groups is 1. The number of nitrogens with zero attached hydrogens (tertiary/aromatic N) is 5. The Labute approximate surface area is 183 Å². The third kappa shape index (κ3) is 4.76. The smallest absolute Gasteiger partial charge is 0.227 e. The van der Waals surface area contributed by atoms with Crippen LogP contribution in [0.2, 0.25) is 0 Å². The highest BCUT2D eigenvalue weighted by atomic mass is 16.1. The van der Waals surface area contributed by atoms with Gasteiger partial charge in [-0.25, -0.2) is 4.68 Å². The summed E-state index contributed by atoms with van der Waals surface area (Å²) in [6, 6.07) is 14.1. The van der Waals surface area contributed by atoms with Crippen molar-refractivity contribution in [3.63, 3.8) is 0 Å². The van der Waals surface area contributed by atoms with Crippen LogP contribution in [0.15, 0.2) is 42.5 Å². The second-order valence-corrected chi connectivity index (χ2v) is 8.62. The van der Waals surface area contributed by atoms with Gasteiger partial charge in [0.25, 0.3) is 0 Å². The number of anilines is 2. The van der Waals surface area contributed by atoms with Crippen LogP contribution in [0.4, 0.5) is 11.5 Å². The van der Waals surface area contributed by atoms with Crippen LogP contribution in [0.5, 0.6) is 0 Å². The Kier molecular flexibility index (Phi) is 6.02. The molecule has 0 aliphatic carbocycles. The lowest BCUT2D eigenvalue weighted by Crippen LogP contribution is -2.38. The van der Waals surface area contributed by atoms with E-state index in [1.165, 1.54) is 5.56 Å². The number of rotatable bonds is 5. The number of carbonyl (C=O) groups excluding carboxylic acids is 1. The minimum Gasteiger partial charge on any atom is -0.355 e. The molecule has 7 nitrogen and oxygen atoms in total. The molecule has 0 unspecified atom stereocenters. The SMILES string of the molecule is Cc1cc(C)n(-c2ccc(N3CCC(C(=O)Nc4ccc(C(C)C)cc4)CC3)nn2)n1. The maximum absolute atomic E-state index is 12.7. The Bertz CT molecular complexity index is 1030. The van der Waals surface area contributed by atoms with Crippen LogP contribution in [-0.2, 0) is 4.79 Å². The van der Waals surface area contributed by atoms with E-state index in [1.807, 2.05) is 44.2 Å². The summed E-state index contributed by atoms with van der Waals surface area (Å²) >= 11 is 0. The van der Waals surface area contributed by atoms with Gasteiger partial charge >= 0.3 is 0 Å². The molecule has 31 heavy (non-hydrogen) atoms. The maximum Gasteiger partial charge on any atom is 0.227 e. The van der Waals surface area contributed by atoms with Gasteiger partial charge in [0, 0.05) is 30.4 Å². The fourth-order valence-electron chi connectivity index (χ4n) is 4.03. The van der Waals surface area contributed by atoms with Crippen molar-refractivity contribution in [1.82, 2.24) is 20.0 Å². The highest BCUT2D eigenvalue weighted by molar-refractivity contribution is 5.92. The van der Waals surface area contributed by atoms with Gasteiger partial charge in [-0.15, -0.1) is 10.2 Å². The molecule has 162 valence electrons. The van der Waals surface area contributed by atoms with Crippen molar-refractivity contribution < 1.29 is 4.79 Å². The van der Waals surface area contributed by atoms with Gasteiger partial charge < -0.3 is 10.2 Å². The number of hydrogen-bond acceptors (Lipinski definition) is 5. The summed E-state index contributed by atoms with van der Waals surface area (Å²) in [6.45, 7) is 9.88. The first-order valence-corrected chi connectivity index (χ1v) is 10.9. The minimum absolute atomic E-state index is 0.0166. The summed E-state index contributed by atoms with van der Waals surface area (Å²) in [5.41, 5.74) is 4.13. The Morgan fingerprint density at radius 1 is 1.00 bits per heavy atom. The third-order valence-corrected chi connectivity index (χ3v) is 5.90. The normalized spacial score (nSPS) is 14.8. The van der Waals surface area contributed by atoms with Crippen LogP contribution in [0.25, 0.3) is 5.82 Å². The van der Waals surface area contributed by atoms with Gasteiger partial charge in [0.15, 0.2) is 11.6 Å². The van der Waals surface area contributed by atoms with Crippen molar-refractivity contribution in [3.05, 3.63) is 59.4 Å². The highest BCUT2D eigenvalue weighted by Crippen LogP contribution is 2.24. The van der Waals surface area contributed by atoms with Crippen molar-refractivity contribution in [3.8, 4) is 5.82 Å². The van der Waals surface area contributed by atoms with Gasteiger partial charge in [0.05, 0.1) is 5.69 Å². The molecule has 2 aromatic heterocycles. The van der Waals surface area contributed by atoms with Crippen LogP contribution in [-0.4, -0.2) is 39.0 Å². The van der Waals surface area contributed by atoms with Crippen LogP contribution in [0.3, 0.4) is 0 Å². The Morgan fingerprint density at radius 3 is 2.19 bits per heavy atom. The van der Waals surface area contributed by atoms with E-state index in [1.54, 1.807) is 4.68 Å². The molecular formula is C24H30N6O. The van der Waals surface area contributed by atoms with Gasteiger partial charge in [0.2, 0.25) is 5.91 Å². The molecular weight excluding hydrogens is 388 g/mol. The average Bonchev–Trinajstić information content (AvgIpc) is 3.12. The second kappa shape index (κ2) is 8.88. The van der Waals surface area contributed by atoms with Crippen LogP contribution < -0.4 is 10.2 Å². The summed E-state index contributed by atoms with van der Waals surface area (Å²) in [5, 5.41) is 16.3. The number of aryl methyl sites for hydroxylation is 2. The fourth-order valence-corrected chi connectivity index (χ4v) is 4.03. The molecule has 3 heterocycles. The topological polar surface area (TPSA) is 75.9 Å². The Balaban J connectivity index is 1.33. The van der Waals surface area contributed by atoms with Crippen molar-refractivity contribution in [2.45, 2.75) is 46.5 Å². The number of piperidine rings is 1. The van der Waals surface area contributed by atoms with Crippen LogP contribution in [0.1, 0.15) is 49.6 Å². The van der Waals surface area contributed by atoms with Crippen LogP contribution >= 0.6 is 0 Å². The lowest BCUT2D eigenvalue weighted by Gasteiger charge is -2.31. The molecule has 1 N–H and O–H groups in total. The van der Waals surface area contributed by atoms with Crippen molar-refractivity contribution in [2.75, 3.05) is 23.3 Å². The first kappa shape index (κ1) is 21.0. The second-order valence-electron chi connectivity index (χ2n) is 8.62. The number of amides is 1. The quantitative estimate of drug-likeness (QED) is 0.670. The molecule has 1 aliphatic heterocycles. The Morgan fingerprint density at radius 2 is 1.65 bits per heavy atom. The van der Waals surface area contributed by atoms with E-state index in [4.69, 9.17) is 0 Å². The highest BCUT2D eigenvalue weighted by Gasteiger charge is 2.26. The summed E-state index contributed by atoms with van der Waals surface area (Å²) in [6.07, 6.45) is 1.60. The van der Waals surface area contributed by atoms with Gasteiger partial charge in [-0.05, 0) is 68.5 Å². The molecule has 1 saturated heterocycles. The number of nitrogens with one attached hydrogen (secondary N) is 1. The van der Waals surface area contributed by atoms with E-state index < -0.39 is 0 Å². The van der Waals surface area contributed by atoms with Gasteiger partial charge in [-0.3, -0.25) is 4.79 Å². The van der Waals surface area contributed by atoms with E-state index in [9.17, 15) is 4.79 Å². The molecule has 7 heteroatoms. The summed E-state index contributed by atoms with van der Waals surface area (Å²) in [4.78, 5) is 14.9. The lowest BCUT2D eigenvalue weighted by molar-refractivity contribution is -0.120. The van der Waals surface area contributed by atoms with E-state index in [0.717, 1.165) is 48.8 Å². The van der Waals surface area contributed by atoms with Crippen molar-refractivity contribution in [2.24, 2.45) is 5.92 Å². The molecule has 0 saturated carbocycles. The standard InChI is InChI=1S/C24H30N6O/c1-16(2)19-5-7-21(8-6-19)25-24(31)20-11-13-29(14-12-20)22-9-10-23(27-26-22)30-18(4)15-17(3)28-30/h5-10,15-16,20H,11-14H2,1-4H3,(H,25,31).